The van der Waals surface area contributed by atoms with Crippen molar-refractivity contribution in [2.45, 2.75) is 26.8 Å². The number of fused-ring (bicyclic) bond motifs is 3. The lowest BCUT2D eigenvalue weighted by molar-refractivity contribution is 0.500. The van der Waals surface area contributed by atoms with Gasteiger partial charge in [-0.1, -0.05) is 30.3 Å². The first-order chi connectivity index (χ1) is 9.67. The van der Waals surface area contributed by atoms with E-state index in [0.717, 1.165) is 58.0 Å². The number of furan rings is 1. The smallest absolute Gasteiger partial charge is 0.154 e. The van der Waals surface area contributed by atoms with Crippen molar-refractivity contribution in [2.24, 2.45) is 0 Å². The maximum Gasteiger partial charge on any atom is 0.154 e. The highest BCUT2D eigenvalue weighted by Crippen LogP contribution is 2.39. The Morgan fingerprint density at radius 1 is 1.50 bits per heavy atom. The minimum Gasteiger partial charge on any atom is -0.459 e. The quantitative estimate of drug-likeness (QED) is 0.815. The average Bonchev–Trinajstić information content (AvgIpc) is 2.85. The highest BCUT2D eigenvalue weighted by molar-refractivity contribution is 6.36. The van der Waals surface area contributed by atoms with Gasteiger partial charge in [0.1, 0.15) is 5.76 Å². The van der Waals surface area contributed by atoms with Crippen LogP contribution in [0, 0.1) is 6.92 Å². The average molecular weight is 288 g/mol. The first-order valence-corrected chi connectivity index (χ1v) is 7.28. The van der Waals surface area contributed by atoms with E-state index in [1.807, 2.05) is 19.9 Å². The Morgan fingerprint density at radius 2 is 2.30 bits per heavy atom. The summed E-state index contributed by atoms with van der Waals surface area (Å²) in [6.07, 6.45) is 4.88. The molecule has 3 rings (SSSR count). The molecule has 1 aliphatic rings. The van der Waals surface area contributed by atoms with Crippen LogP contribution in [0.4, 0.5) is 0 Å². The van der Waals surface area contributed by atoms with E-state index in [0.29, 0.717) is 0 Å². The third-order valence-corrected chi connectivity index (χ3v) is 4.41. The summed E-state index contributed by atoms with van der Waals surface area (Å²) in [5.74, 6) is 1.06. The van der Waals surface area contributed by atoms with E-state index in [4.69, 9.17) is 16.0 Å². The first kappa shape index (κ1) is 13.5. The van der Waals surface area contributed by atoms with E-state index in [1.54, 1.807) is 0 Å². The maximum atomic E-state index is 6.45. The fourth-order valence-corrected chi connectivity index (χ4v) is 3.09. The minimum atomic E-state index is 0.720. The summed E-state index contributed by atoms with van der Waals surface area (Å²) in [5, 5.41) is 5.26. The standard InChI is InChI=1S/C17H18ClNO/c1-4-11(5-2)12-8-10(3)16(18)17-15(12)13-9-19-7-6-14(13)20-17/h4-5,8,19H,1,6-7,9H2,2-3H3/b11-5+. The van der Waals surface area contributed by atoms with Crippen molar-refractivity contribution in [1.29, 1.82) is 0 Å². The molecule has 2 aromatic rings. The van der Waals surface area contributed by atoms with Crippen LogP contribution in [0.1, 0.15) is 29.4 Å². The molecule has 0 saturated heterocycles. The SMILES string of the molecule is C=C/C(=C\C)c1cc(C)c(Cl)c2oc3c(c12)CNCC3. The number of halogens is 1. The Balaban J connectivity index is 2.42. The van der Waals surface area contributed by atoms with E-state index >= 15 is 0 Å². The summed E-state index contributed by atoms with van der Waals surface area (Å²) in [4.78, 5) is 0. The number of benzene rings is 1. The number of hydrogen-bond donors (Lipinski definition) is 1. The van der Waals surface area contributed by atoms with Gasteiger partial charge in [-0.3, -0.25) is 0 Å². The zero-order valence-corrected chi connectivity index (χ0v) is 12.6. The number of hydrogen-bond acceptors (Lipinski definition) is 2. The zero-order valence-electron chi connectivity index (χ0n) is 11.8. The van der Waals surface area contributed by atoms with E-state index in [9.17, 15) is 0 Å². The molecule has 1 aromatic carbocycles. The molecule has 104 valence electrons. The van der Waals surface area contributed by atoms with Crippen LogP contribution < -0.4 is 5.32 Å². The van der Waals surface area contributed by atoms with Gasteiger partial charge in [-0.2, -0.15) is 0 Å². The predicted octanol–water partition coefficient (Wildman–Crippen LogP) is 4.63. The topological polar surface area (TPSA) is 25.2 Å². The van der Waals surface area contributed by atoms with Crippen LogP contribution in [0.2, 0.25) is 5.02 Å². The van der Waals surface area contributed by atoms with Gasteiger partial charge in [0.25, 0.3) is 0 Å². The number of allylic oxidation sites excluding steroid dienone is 3. The van der Waals surface area contributed by atoms with Gasteiger partial charge in [-0.15, -0.1) is 0 Å². The molecule has 0 fully saturated rings. The third kappa shape index (κ3) is 1.91. The van der Waals surface area contributed by atoms with Crippen LogP contribution in [-0.4, -0.2) is 6.54 Å². The summed E-state index contributed by atoms with van der Waals surface area (Å²) in [5.41, 5.74) is 5.37. The second-order valence-electron chi connectivity index (χ2n) is 5.14. The molecule has 20 heavy (non-hydrogen) atoms. The molecule has 0 aliphatic carbocycles. The van der Waals surface area contributed by atoms with Crippen LogP contribution in [0.15, 0.2) is 29.2 Å². The third-order valence-electron chi connectivity index (χ3n) is 3.94. The fraction of sp³-hybridized carbons (Fsp3) is 0.294. The molecule has 2 heterocycles. The highest BCUT2D eigenvalue weighted by Gasteiger charge is 2.23. The molecule has 3 heteroatoms. The second-order valence-corrected chi connectivity index (χ2v) is 5.52. The van der Waals surface area contributed by atoms with Crippen molar-refractivity contribution in [2.75, 3.05) is 6.54 Å². The molecule has 0 spiro atoms. The van der Waals surface area contributed by atoms with Crippen LogP contribution in [-0.2, 0) is 13.0 Å². The van der Waals surface area contributed by atoms with Crippen molar-refractivity contribution >= 4 is 28.1 Å². The monoisotopic (exact) mass is 287 g/mol. The number of rotatable bonds is 2. The first-order valence-electron chi connectivity index (χ1n) is 6.90. The Morgan fingerprint density at radius 3 is 3.00 bits per heavy atom. The Kier molecular flexibility index (Phi) is 3.45. The van der Waals surface area contributed by atoms with Crippen LogP contribution >= 0.6 is 11.6 Å². The van der Waals surface area contributed by atoms with Gasteiger partial charge in [-0.25, -0.2) is 0 Å². The molecule has 1 aliphatic heterocycles. The van der Waals surface area contributed by atoms with Gasteiger partial charge < -0.3 is 9.73 Å². The lowest BCUT2D eigenvalue weighted by atomic mass is 9.95. The summed E-state index contributed by atoms with van der Waals surface area (Å²) in [7, 11) is 0. The zero-order chi connectivity index (χ0) is 14.3. The van der Waals surface area contributed by atoms with E-state index in [1.165, 1.54) is 5.56 Å². The lowest BCUT2D eigenvalue weighted by Crippen LogP contribution is -2.22. The molecule has 0 amide bonds. The van der Waals surface area contributed by atoms with E-state index in [-0.39, 0.29) is 0 Å². The van der Waals surface area contributed by atoms with Crippen molar-refractivity contribution in [1.82, 2.24) is 5.32 Å². The summed E-state index contributed by atoms with van der Waals surface area (Å²) in [6, 6.07) is 2.13. The fourth-order valence-electron chi connectivity index (χ4n) is 2.90. The Bertz CT molecular complexity index is 724. The molecule has 0 saturated carbocycles. The molecule has 0 bridgehead atoms. The van der Waals surface area contributed by atoms with Crippen LogP contribution in [0.25, 0.3) is 16.5 Å². The molecule has 2 nitrogen and oxygen atoms in total. The highest BCUT2D eigenvalue weighted by atomic mass is 35.5. The van der Waals surface area contributed by atoms with E-state index in [2.05, 4.69) is 24.0 Å². The van der Waals surface area contributed by atoms with Crippen molar-refractivity contribution < 1.29 is 4.42 Å². The van der Waals surface area contributed by atoms with Gasteiger partial charge in [0, 0.05) is 30.5 Å². The Labute approximate surface area is 124 Å². The lowest BCUT2D eigenvalue weighted by Gasteiger charge is -2.13. The van der Waals surface area contributed by atoms with Crippen molar-refractivity contribution in [3.8, 4) is 0 Å². The van der Waals surface area contributed by atoms with Gasteiger partial charge in [0.05, 0.1) is 5.02 Å². The minimum absolute atomic E-state index is 0.720. The number of aryl methyl sites for hydroxylation is 1. The molecule has 0 atom stereocenters. The number of nitrogens with one attached hydrogen (secondary N) is 1. The van der Waals surface area contributed by atoms with Crippen molar-refractivity contribution in [3.05, 3.63) is 52.3 Å². The van der Waals surface area contributed by atoms with Crippen LogP contribution in [0.5, 0.6) is 0 Å². The van der Waals surface area contributed by atoms with Gasteiger partial charge in [0.15, 0.2) is 5.58 Å². The predicted molar refractivity (Wildman–Crippen MR) is 85.2 cm³/mol. The van der Waals surface area contributed by atoms with Gasteiger partial charge in [0.2, 0.25) is 0 Å². The summed E-state index contributed by atoms with van der Waals surface area (Å²) >= 11 is 6.45. The van der Waals surface area contributed by atoms with Crippen molar-refractivity contribution in [3.63, 3.8) is 0 Å². The maximum absolute atomic E-state index is 6.45. The molecular formula is C17H18ClNO. The normalized spacial score (nSPS) is 15.4. The second kappa shape index (κ2) is 5.12. The molecular weight excluding hydrogens is 270 g/mol. The Hall–Kier alpha value is -1.51. The van der Waals surface area contributed by atoms with Gasteiger partial charge in [-0.05, 0) is 36.6 Å². The molecule has 0 radical (unpaired) electrons. The van der Waals surface area contributed by atoms with Gasteiger partial charge >= 0.3 is 0 Å². The summed E-state index contributed by atoms with van der Waals surface area (Å²) < 4.78 is 6.05. The largest absolute Gasteiger partial charge is 0.459 e. The summed E-state index contributed by atoms with van der Waals surface area (Å²) in [6.45, 7) is 9.75. The van der Waals surface area contributed by atoms with E-state index < -0.39 is 0 Å². The molecule has 1 N–H and O–H groups in total. The molecule has 1 aromatic heterocycles. The molecule has 0 unspecified atom stereocenters. The van der Waals surface area contributed by atoms with Crippen LogP contribution in [0.3, 0.4) is 0 Å².